The highest BCUT2D eigenvalue weighted by molar-refractivity contribution is 5.14. The van der Waals surface area contributed by atoms with Gasteiger partial charge in [-0.2, -0.15) is 0 Å². The number of benzene rings is 1. The molecule has 0 radical (unpaired) electrons. The molecule has 21 heavy (non-hydrogen) atoms. The first kappa shape index (κ1) is 15.0. The van der Waals surface area contributed by atoms with Crippen molar-refractivity contribution in [1.82, 2.24) is 10.2 Å². The van der Waals surface area contributed by atoms with Crippen molar-refractivity contribution >= 4 is 0 Å². The summed E-state index contributed by atoms with van der Waals surface area (Å²) in [6.07, 6.45) is 5.37. The van der Waals surface area contributed by atoms with Gasteiger partial charge in [-0.3, -0.25) is 4.90 Å². The second-order valence-electron chi connectivity index (χ2n) is 6.91. The van der Waals surface area contributed by atoms with E-state index in [4.69, 9.17) is 0 Å². The van der Waals surface area contributed by atoms with E-state index in [2.05, 4.69) is 40.5 Å². The third-order valence-corrected chi connectivity index (χ3v) is 5.06. The van der Waals surface area contributed by atoms with Gasteiger partial charge in [0.1, 0.15) is 0 Å². The summed E-state index contributed by atoms with van der Waals surface area (Å²) in [6, 6.07) is 10.7. The van der Waals surface area contributed by atoms with Crippen LogP contribution in [-0.2, 0) is 6.54 Å². The van der Waals surface area contributed by atoms with E-state index in [-0.39, 0.29) is 0 Å². The summed E-state index contributed by atoms with van der Waals surface area (Å²) in [5.74, 6) is 0.658. The molecule has 3 nitrogen and oxygen atoms in total. The van der Waals surface area contributed by atoms with Crippen LogP contribution < -0.4 is 5.32 Å². The Hall–Kier alpha value is -0.900. The minimum absolute atomic E-state index is 0.411. The van der Waals surface area contributed by atoms with Gasteiger partial charge >= 0.3 is 0 Å². The van der Waals surface area contributed by atoms with E-state index in [9.17, 15) is 5.11 Å². The summed E-state index contributed by atoms with van der Waals surface area (Å²) in [5, 5.41) is 14.1. The zero-order valence-corrected chi connectivity index (χ0v) is 12.9. The molecule has 116 valence electrons. The summed E-state index contributed by atoms with van der Waals surface area (Å²) in [6.45, 7) is 5.33. The maximum Gasteiger partial charge on any atom is 0.0675 e. The average molecular weight is 288 g/mol. The molecule has 0 spiro atoms. The maximum absolute atomic E-state index is 10.7. The van der Waals surface area contributed by atoms with Gasteiger partial charge in [-0.05, 0) is 63.2 Å². The Morgan fingerprint density at radius 1 is 1.19 bits per heavy atom. The van der Waals surface area contributed by atoms with Gasteiger partial charge in [-0.1, -0.05) is 30.3 Å². The molecular weight excluding hydrogens is 260 g/mol. The van der Waals surface area contributed by atoms with Gasteiger partial charge < -0.3 is 10.4 Å². The van der Waals surface area contributed by atoms with Crippen LogP contribution in [0.5, 0.6) is 0 Å². The molecule has 2 N–H and O–H groups in total. The standard InChI is InChI=1S/C18H28N2O/c21-18(8-10-19-11-9-18)13-17-7-4-12-20(15-17)14-16-5-2-1-3-6-16/h1-3,5-6,17,19,21H,4,7-15H2. The fourth-order valence-corrected chi connectivity index (χ4v) is 3.94. The molecule has 2 fully saturated rings. The highest BCUT2D eigenvalue weighted by Crippen LogP contribution is 2.31. The fourth-order valence-electron chi connectivity index (χ4n) is 3.94. The first-order valence-corrected chi connectivity index (χ1v) is 8.43. The molecule has 2 aliphatic rings. The van der Waals surface area contributed by atoms with Crippen LogP contribution in [0, 0.1) is 5.92 Å². The lowest BCUT2D eigenvalue weighted by molar-refractivity contribution is -0.0222. The normalized spacial score (nSPS) is 26.6. The van der Waals surface area contributed by atoms with Crippen LogP contribution in [0.15, 0.2) is 30.3 Å². The second-order valence-corrected chi connectivity index (χ2v) is 6.91. The van der Waals surface area contributed by atoms with Gasteiger partial charge in [-0.15, -0.1) is 0 Å². The number of rotatable bonds is 4. The Morgan fingerprint density at radius 3 is 2.71 bits per heavy atom. The monoisotopic (exact) mass is 288 g/mol. The smallest absolute Gasteiger partial charge is 0.0675 e. The van der Waals surface area contributed by atoms with Crippen LogP contribution in [0.3, 0.4) is 0 Å². The number of hydrogen-bond acceptors (Lipinski definition) is 3. The van der Waals surface area contributed by atoms with Gasteiger partial charge in [0.2, 0.25) is 0 Å². The zero-order valence-electron chi connectivity index (χ0n) is 12.9. The molecule has 1 unspecified atom stereocenters. The number of nitrogens with one attached hydrogen (secondary N) is 1. The van der Waals surface area contributed by atoms with Crippen molar-refractivity contribution in [3.8, 4) is 0 Å². The van der Waals surface area contributed by atoms with Crippen LogP contribution >= 0.6 is 0 Å². The SMILES string of the molecule is OC1(CC2CCCN(Cc3ccccc3)C2)CCNCC1. The molecular formula is C18H28N2O. The van der Waals surface area contributed by atoms with E-state index in [1.807, 2.05) is 0 Å². The average Bonchev–Trinajstić information content (AvgIpc) is 2.49. The molecule has 1 aromatic carbocycles. The van der Waals surface area contributed by atoms with E-state index >= 15 is 0 Å². The van der Waals surface area contributed by atoms with Crippen molar-refractivity contribution < 1.29 is 5.11 Å². The molecule has 0 aromatic heterocycles. The summed E-state index contributed by atoms with van der Waals surface area (Å²) in [5.41, 5.74) is 0.991. The van der Waals surface area contributed by atoms with Crippen LogP contribution in [-0.4, -0.2) is 41.8 Å². The lowest BCUT2D eigenvalue weighted by atomic mass is 9.80. The lowest BCUT2D eigenvalue weighted by Gasteiger charge is -2.39. The number of nitrogens with zero attached hydrogens (tertiary/aromatic N) is 1. The minimum atomic E-state index is -0.411. The molecule has 3 heteroatoms. The van der Waals surface area contributed by atoms with E-state index in [0.29, 0.717) is 5.92 Å². The van der Waals surface area contributed by atoms with Crippen molar-refractivity contribution in [2.45, 2.75) is 44.2 Å². The maximum atomic E-state index is 10.7. The number of hydrogen-bond donors (Lipinski definition) is 2. The minimum Gasteiger partial charge on any atom is -0.390 e. The van der Waals surface area contributed by atoms with E-state index in [1.165, 1.54) is 24.9 Å². The fraction of sp³-hybridized carbons (Fsp3) is 0.667. The van der Waals surface area contributed by atoms with Gasteiger partial charge in [-0.25, -0.2) is 0 Å². The van der Waals surface area contributed by atoms with E-state index in [1.54, 1.807) is 0 Å². The lowest BCUT2D eigenvalue weighted by Crippen LogP contribution is -2.45. The molecule has 0 amide bonds. The third kappa shape index (κ3) is 4.29. The predicted octanol–water partition coefficient (Wildman–Crippen LogP) is 2.40. The molecule has 1 atom stereocenters. The highest BCUT2D eigenvalue weighted by Gasteiger charge is 2.33. The quantitative estimate of drug-likeness (QED) is 0.893. The summed E-state index contributed by atoms with van der Waals surface area (Å²) < 4.78 is 0. The van der Waals surface area contributed by atoms with Crippen molar-refractivity contribution in [1.29, 1.82) is 0 Å². The molecule has 3 rings (SSSR count). The van der Waals surface area contributed by atoms with Gasteiger partial charge in [0, 0.05) is 13.1 Å². The van der Waals surface area contributed by atoms with Gasteiger partial charge in [0.15, 0.2) is 0 Å². The van der Waals surface area contributed by atoms with Crippen molar-refractivity contribution in [2.24, 2.45) is 5.92 Å². The molecule has 2 heterocycles. The van der Waals surface area contributed by atoms with Crippen molar-refractivity contribution in [3.63, 3.8) is 0 Å². The summed E-state index contributed by atoms with van der Waals surface area (Å²) >= 11 is 0. The molecule has 2 aliphatic heterocycles. The van der Waals surface area contributed by atoms with Crippen molar-refractivity contribution in [3.05, 3.63) is 35.9 Å². The topological polar surface area (TPSA) is 35.5 Å². The highest BCUT2D eigenvalue weighted by atomic mass is 16.3. The Labute approximate surface area is 128 Å². The molecule has 0 saturated carbocycles. The largest absolute Gasteiger partial charge is 0.390 e. The third-order valence-electron chi connectivity index (χ3n) is 5.06. The van der Waals surface area contributed by atoms with Crippen LogP contribution in [0.1, 0.15) is 37.7 Å². The van der Waals surface area contributed by atoms with Crippen LogP contribution in [0.25, 0.3) is 0 Å². The predicted molar refractivity (Wildman–Crippen MR) is 86.1 cm³/mol. The Bertz CT molecular complexity index is 428. The molecule has 0 aliphatic carbocycles. The molecule has 2 saturated heterocycles. The Morgan fingerprint density at radius 2 is 1.95 bits per heavy atom. The number of likely N-dealkylation sites (tertiary alicyclic amines) is 1. The molecule has 1 aromatic rings. The zero-order chi connectivity index (χ0) is 14.5. The van der Waals surface area contributed by atoms with Crippen molar-refractivity contribution in [2.75, 3.05) is 26.2 Å². The van der Waals surface area contributed by atoms with E-state index in [0.717, 1.165) is 45.4 Å². The first-order chi connectivity index (χ1) is 10.2. The Balaban J connectivity index is 1.53. The Kier molecular flexibility index (Phi) is 4.94. The first-order valence-electron chi connectivity index (χ1n) is 8.43. The van der Waals surface area contributed by atoms with Gasteiger partial charge in [0.05, 0.1) is 5.60 Å². The van der Waals surface area contributed by atoms with E-state index < -0.39 is 5.60 Å². The van der Waals surface area contributed by atoms with Crippen LogP contribution in [0.2, 0.25) is 0 Å². The van der Waals surface area contributed by atoms with Gasteiger partial charge in [0.25, 0.3) is 0 Å². The molecule has 0 bridgehead atoms. The number of piperidine rings is 2. The van der Waals surface area contributed by atoms with Crippen LogP contribution in [0.4, 0.5) is 0 Å². The summed E-state index contributed by atoms with van der Waals surface area (Å²) in [4.78, 5) is 2.56. The second kappa shape index (κ2) is 6.91. The number of aliphatic hydroxyl groups is 1. The summed E-state index contributed by atoms with van der Waals surface area (Å²) in [7, 11) is 0.